The molecule has 0 aliphatic heterocycles. The highest BCUT2D eigenvalue weighted by atomic mass is 16.2. The van der Waals surface area contributed by atoms with Crippen LogP contribution in [0, 0.1) is 6.92 Å². The van der Waals surface area contributed by atoms with Gasteiger partial charge >= 0.3 is 0 Å². The SMILES string of the molecule is [CH2]CCNC(=O)[C@H](N)CCCN. The quantitative estimate of drug-likeness (QED) is 0.500. The lowest BCUT2D eigenvalue weighted by atomic mass is 10.1. The van der Waals surface area contributed by atoms with E-state index in [0.717, 1.165) is 6.42 Å². The van der Waals surface area contributed by atoms with E-state index in [0.29, 0.717) is 25.9 Å². The van der Waals surface area contributed by atoms with Gasteiger partial charge in [0.25, 0.3) is 0 Å². The molecule has 0 aliphatic rings. The first-order chi connectivity index (χ1) is 5.72. The van der Waals surface area contributed by atoms with Gasteiger partial charge in [0.2, 0.25) is 5.91 Å². The summed E-state index contributed by atoms with van der Waals surface area (Å²) in [6, 6.07) is -0.417. The van der Waals surface area contributed by atoms with Gasteiger partial charge in [-0.15, -0.1) is 0 Å². The minimum absolute atomic E-state index is 0.105. The Bertz CT molecular complexity index is 127. The fraction of sp³-hybridized carbons (Fsp3) is 0.750. The minimum atomic E-state index is -0.417. The van der Waals surface area contributed by atoms with Crippen LogP contribution < -0.4 is 16.8 Å². The van der Waals surface area contributed by atoms with Crippen molar-refractivity contribution >= 4 is 5.91 Å². The third-order valence-corrected chi connectivity index (χ3v) is 1.53. The Morgan fingerprint density at radius 2 is 2.25 bits per heavy atom. The Morgan fingerprint density at radius 3 is 2.75 bits per heavy atom. The van der Waals surface area contributed by atoms with Crippen molar-refractivity contribution in [2.24, 2.45) is 11.5 Å². The van der Waals surface area contributed by atoms with E-state index < -0.39 is 6.04 Å². The second-order valence-corrected chi connectivity index (χ2v) is 2.68. The van der Waals surface area contributed by atoms with Crippen molar-refractivity contribution in [1.29, 1.82) is 0 Å². The number of carbonyl (C=O) groups excluding carboxylic acids is 1. The van der Waals surface area contributed by atoms with Crippen LogP contribution in [0.1, 0.15) is 19.3 Å². The van der Waals surface area contributed by atoms with Crippen LogP contribution in [-0.4, -0.2) is 25.0 Å². The minimum Gasteiger partial charge on any atom is -0.355 e. The standard InChI is InChI=1S/C8H18N3O/c1-2-6-11-8(12)7(10)4-3-5-9/h7H,1-6,9-10H2,(H,11,12)/t7-/m1/s1. The largest absolute Gasteiger partial charge is 0.355 e. The van der Waals surface area contributed by atoms with Crippen LogP contribution in [0.3, 0.4) is 0 Å². The molecule has 0 heterocycles. The zero-order valence-corrected chi connectivity index (χ0v) is 7.38. The van der Waals surface area contributed by atoms with Crippen LogP contribution >= 0.6 is 0 Å². The maximum Gasteiger partial charge on any atom is 0.236 e. The van der Waals surface area contributed by atoms with Gasteiger partial charge in [0.1, 0.15) is 0 Å². The first kappa shape index (κ1) is 11.4. The fourth-order valence-corrected chi connectivity index (χ4v) is 0.812. The van der Waals surface area contributed by atoms with Gasteiger partial charge in [-0.3, -0.25) is 4.79 Å². The van der Waals surface area contributed by atoms with Crippen LogP contribution in [0.25, 0.3) is 0 Å². The molecule has 1 radical (unpaired) electrons. The van der Waals surface area contributed by atoms with Crippen LogP contribution in [0.4, 0.5) is 0 Å². The zero-order valence-electron chi connectivity index (χ0n) is 7.38. The van der Waals surface area contributed by atoms with Crippen molar-refractivity contribution in [3.8, 4) is 0 Å². The summed E-state index contributed by atoms with van der Waals surface area (Å²) >= 11 is 0. The van der Waals surface area contributed by atoms with E-state index in [1.807, 2.05) is 0 Å². The molecule has 5 N–H and O–H groups in total. The van der Waals surface area contributed by atoms with Crippen molar-refractivity contribution in [2.75, 3.05) is 13.1 Å². The number of carbonyl (C=O) groups is 1. The van der Waals surface area contributed by atoms with Gasteiger partial charge in [0.05, 0.1) is 6.04 Å². The number of nitrogens with two attached hydrogens (primary N) is 2. The summed E-state index contributed by atoms with van der Waals surface area (Å²) in [4.78, 5) is 11.1. The molecule has 0 fully saturated rings. The van der Waals surface area contributed by atoms with Crippen LogP contribution in [0.5, 0.6) is 0 Å². The maximum atomic E-state index is 11.1. The molecule has 71 valence electrons. The highest BCUT2D eigenvalue weighted by Gasteiger charge is 2.10. The molecule has 1 atom stereocenters. The average Bonchev–Trinajstić information content (AvgIpc) is 2.10. The molecule has 12 heavy (non-hydrogen) atoms. The van der Waals surface area contributed by atoms with E-state index in [9.17, 15) is 4.79 Å². The summed E-state index contributed by atoms with van der Waals surface area (Å²) in [6.07, 6.45) is 2.13. The first-order valence-corrected chi connectivity index (χ1v) is 4.25. The number of hydrogen-bond acceptors (Lipinski definition) is 3. The topological polar surface area (TPSA) is 81.1 Å². The van der Waals surface area contributed by atoms with Gasteiger partial charge in [-0.05, 0) is 25.8 Å². The van der Waals surface area contributed by atoms with Crippen molar-refractivity contribution in [3.63, 3.8) is 0 Å². The molecule has 4 nitrogen and oxygen atoms in total. The van der Waals surface area contributed by atoms with Crippen LogP contribution in [0.2, 0.25) is 0 Å². The van der Waals surface area contributed by atoms with Crippen molar-refractivity contribution in [3.05, 3.63) is 6.92 Å². The molecular formula is C8H18N3O. The molecule has 0 aromatic rings. The molecule has 0 bridgehead atoms. The third-order valence-electron chi connectivity index (χ3n) is 1.53. The summed E-state index contributed by atoms with van der Waals surface area (Å²) in [6.45, 7) is 4.78. The van der Waals surface area contributed by atoms with Crippen molar-refractivity contribution in [2.45, 2.75) is 25.3 Å². The second-order valence-electron chi connectivity index (χ2n) is 2.68. The van der Waals surface area contributed by atoms with E-state index in [4.69, 9.17) is 11.5 Å². The van der Waals surface area contributed by atoms with Gasteiger partial charge < -0.3 is 16.8 Å². The van der Waals surface area contributed by atoms with Gasteiger partial charge in [0.15, 0.2) is 0 Å². The average molecular weight is 172 g/mol. The molecule has 0 saturated heterocycles. The molecule has 0 aromatic carbocycles. The van der Waals surface area contributed by atoms with E-state index in [1.54, 1.807) is 0 Å². The lowest BCUT2D eigenvalue weighted by Gasteiger charge is -2.10. The van der Waals surface area contributed by atoms with E-state index in [1.165, 1.54) is 0 Å². The van der Waals surface area contributed by atoms with E-state index in [2.05, 4.69) is 12.2 Å². The lowest BCUT2D eigenvalue weighted by Crippen LogP contribution is -2.41. The summed E-state index contributed by atoms with van der Waals surface area (Å²) in [5.41, 5.74) is 10.8. The predicted molar refractivity (Wildman–Crippen MR) is 49.2 cm³/mol. The molecule has 0 unspecified atom stereocenters. The summed E-state index contributed by atoms with van der Waals surface area (Å²) in [5, 5.41) is 2.67. The van der Waals surface area contributed by atoms with Gasteiger partial charge in [-0.2, -0.15) is 0 Å². The number of rotatable bonds is 6. The molecule has 0 aliphatic carbocycles. The van der Waals surface area contributed by atoms with Crippen molar-refractivity contribution < 1.29 is 4.79 Å². The maximum absolute atomic E-state index is 11.1. The van der Waals surface area contributed by atoms with Gasteiger partial charge in [0, 0.05) is 6.54 Å². The van der Waals surface area contributed by atoms with Crippen LogP contribution in [0.15, 0.2) is 0 Å². The summed E-state index contributed by atoms with van der Waals surface area (Å²) in [5.74, 6) is -0.105. The molecule has 0 rings (SSSR count). The smallest absolute Gasteiger partial charge is 0.236 e. The molecular weight excluding hydrogens is 154 g/mol. The molecule has 1 amide bonds. The molecule has 4 heteroatoms. The second kappa shape index (κ2) is 7.06. The fourth-order valence-electron chi connectivity index (χ4n) is 0.812. The molecule has 0 spiro atoms. The predicted octanol–water partition coefficient (Wildman–Crippen LogP) is -0.607. The van der Waals surface area contributed by atoms with E-state index >= 15 is 0 Å². The Kier molecular flexibility index (Phi) is 6.70. The normalized spacial score (nSPS) is 12.6. The Morgan fingerprint density at radius 1 is 1.58 bits per heavy atom. The Balaban J connectivity index is 3.47. The Hall–Kier alpha value is -0.610. The van der Waals surface area contributed by atoms with E-state index in [-0.39, 0.29) is 5.91 Å². The highest BCUT2D eigenvalue weighted by Crippen LogP contribution is 1.92. The summed E-state index contributed by atoms with van der Waals surface area (Å²) < 4.78 is 0. The van der Waals surface area contributed by atoms with Gasteiger partial charge in [-0.25, -0.2) is 0 Å². The Labute approximate surface area is 73.7 Å². The van der Waals surface area contributed by atoms with Crippen molar-refractivity contribution in [1.82, 2.24) is 5.32 Å². The van der Waals surface area contributed by atoms with Gasteiger partial charge in [-0.1, -0.05) is 6.92 Å². The van der Waals surface area contributed by atoms with Crippen LogP contribution in [-0.2, 0) is 4.79 Å². The monoisotopic (exact) mass is 172 g/mol. The highest BCUT2D eigenvalue weighted by molar-refractivity contribution is 5.81. The third kappa shape index (κ3) is 5.09. The number of amides is 1. The first-order valence-electron chi connectivity index (χ1n) is 4.25. The number of hydrogen-bond donors (Lipinski definition) is 3. The molecule has 0 aromatic heterocycles. The zero-order chi connectivity index (χ0) is 9.40. The number of nitrogens with one attached hydrogen (secondary N) is 1. The molecule has 0 saturated carbocycles. The lowest BCUT2D eigenvalue weighted by molar-refractivity contribution is -0.122. The summed E-state index contributed by atoms with van der Waals surface area (Å²) in [7, 11) is 0.